The van der Waals surface area contributed by atoms with E-state index in [2.05, 4.69) is 0 Å². The number of hydrogen-bond donors (Lipinski definition) is 1. The van der Waals surface area contributed by atoms with E-state index in [1.54, 1.807) is 30.3 Å². The Morgan fingerprint density at radius 1 is 1.10 bits per heavy atom. The molecule has 0 radical (unpaired) electrons. The van der Waals surface area contributed by atoms with E-state index in [1.165, 1.54) is 18.2 Å². The van der Waals surface area contributed by atoms with Crippen LogP contribution in [-0.2, 0) is 11.2 Å². The molecule has 1 aliphatic heterocycles. The summed E-state index contributed by atoms with van der Waals surface area (Å²) in [4.78, 5) is 25.1. The van der Waals surface area contributed by atoms with Gasteiger partial charge in [-0.25, -0.2) is 9.18 Å². The number of carboxylic acid groups (broad SMARTS) is 1. The first kappa shape index (κ1) is 13.3. The van der Waals surface area contributed by atoms with Gasteiger partial charge in [0.25, 0.3) is 5.91 Å². The third-order valence-electron chi connectivity index (χ3n) is 3.58. The highest BCUT2D eigenvalue weighted by Crippen LogP contribution is 2.33. The van der Waals surface area contributed by atoms with Gasteiger partial charge in [-0.1, -0.05) is 30.3 Å². The van der Waals surface area contributed by atoms with Crippen LogP contribution in [0.4, 0.5) is 10.1 Å². The quantitative estimate of drug-likeness (QED) is 0.922. The molecule has 2 aromatic rings. The Labute approximate surface area is 120 Å². The predicted molar refractivity (Wildman–Crippen MR) is 74.8 cm³/mol. The molecule has 4 nitrogen and oxygen atoms in total. The highest BCUT2D eigenvalue weighted by atomic mass is 19.1. The van der Waals surface area contributed by atoms with Crippen LogP contribution in [0.15, 0.2) is 48.5 Å². The van der Waals surface area contributed by atoms with Gasteiger partial charge in [0.15, 0.2) is 0 Å². The zero-order valence-corrected chi connectivity index (χ0v) is 11.0. The number of anilines is 1. The number of carboxylic acids is 1. The molecule has 3 rings (SSSR count). The monoisotopic (exact) mass is 285 g/mol. The Balaban J connectivity index is 2.08. The van der Waals surface area contributed by atoms with Crippen LogP contribution >= 0.6 is 0 Å². The number of benzene rings is 2. The molecule has 1 aliphatic rings. The van der Waals surface area contributed by atoms with Crippen molar-refractivity contribution in [2.45, 2.75) is 12.5 Å². The Hall–Kier alpha value is -2.69. The molecule has 0 fully saturated rings. The number of para-hydroxylation sites is 1. The maximum absolute atomic E-state index is 13.8. The van der Waals surface area contributed by atoms with E-state index in [0.717, 1.165) is 10.5 Å². The third-order valence-corrected chi connectivity index (χ3v) is 3.58. The lowest BCUT2D eigenvalue weighted by Crippen LogP contribution is -2.43. The third kappa shape index (κ3) is 2.16. The molecule has 0 aromatic heterocycles. The van der Waals surface area contributed by atoms with Crippen molar-refractivity contribution in [2.75, 3.05) is 4.90 Å². The first-order valence-electron chi connectivity index (χ1n) is 6.48. The SMILES string of the molecule is O=C(O)[C@@H]1Cc2ccccc2N1C(=O)c1ccccc1F. The molecule has 1 atom stereocenters. The molecule has 0 saturated carbocycles. The lowest BCUT2D eigenvalue weighted by Gasteiger charge is -2.22. The molecule has 1 heterocycles. The molecule has 0 bridgehead atoms. The van der Waals surface area contributed by atoms with Crippen LogP contribution in [0.3, 0.4) is 0 Å². The van der Waals surface area contributed by atoms with E-state index in [4.69, 9.17) is 0 Å². The van der Waals surface area contributed by atoms with Gasteiger partial charge in [-0.15, -0.1) is 0 Å². The number of nitrogens with zero attached hydrogens (tertiary/aromatic N) is 1. The van der Waals surface area contributed by atoms with Crippen LogP contribution in [0.2, 0.25) is 0 Å². The van der Waals surface area contributed by atoms with Gasteiger partial charge in [-0.3, -0.25) is 9.69 Å². The molecule has 21 heavy (non-hydrogen) atoms. The highest BCUT2D eigenvalue weighted by molar-refractivity contribution is 6.11. The molecule has 106 valence electrons. The second-order valence-electron chi connectivity index (χ2n) is 4.84. The predicted octanol–water partition coefficient (Wildman–Crippen LogP) is 2.48. The van der Waals surface area contributed by atoms with Gasteiger partial charge < -0.3 is 5.11 Å². The fourth-order valence-electron chi connectivity index (χ4n) is 2.60. The summed E-state index contributed by atoms with van der Waals surface area (Å²) in [6.07, 6.45) is 0.228. The summed E-state index contributed by atoms with van der Waals surface area (Å²) < 4.78 is 13.8. The van der Waals surface area contributed by atoms with Crippen molar-refractivity contribution in [1.29, 1.82) is 0 Å². The Bertz CT molecular complexity index is 729. The summed E-state index contributed by atoms with van der Waals surface area (Å²) in [5, 5.41) is 9.33. The summed E-state index contributed by atoms with van der Waals surface area (Å²) in [5.41, 5.74) is 1.17. The molecule has 0 saturated heterocycles. The van der Waals surface area contributed by atoms with Gasteiger partial charge in [-0.05, 0) is 23.8 Å². The Morgan fingerprint density at radius 3 is 2.48 bits per heavy atom. The van der Waals surface area contributed by atoms with Crippen LogP contribution in [0.1, 0.15) is 15.9 Å². The van der Waals surface area contributed by atoms with Crippen LogP contribution in [0.5, 0.6) is 0 Å². The highest BCUT2D eigenvalue weighted by Gasteiger charge is 2.39. The molecule has 5 heteroatoms. The van der Waals surface area contributed by atoms with E-state index in [9.17, 15) is 19.1 Å². The van der Waals surface area contributed by atoms with Crippen molar-refractivity contribution in [3.63, 3.8) is 0 Å². The molecule has 2 aromatic carbocycles. The number of rotatable bonds is 2. The molecule has 0 spiro atoms. The minimum atomic E-state index is -1.10. The number of fused-ring (bicyclic) bond motifs is 1. The number of halogens is 1. The van der Waals surface area contributed by atoms with Crippen molar-refractivity contribution >= 4 is 17.6 Å². The Morgan fingerprint density at radius 2 is 1.76 bits per heavy atom. The second kappa shape index (κ2) is 5.01. The fourth-order valence-corrected chi connectivity index (χ4v) is 2.60. The first-order valence-corrected chi connectivity index (χ1v) is 6.48. The summed E-state index contributed by atoms with van der Waals surface area (Å²) in [6.45, 7) is 0. The molecule has 0 aliphatic carbocycles. The molecule has 1 N–H and O–H groups in total. The summed E-state index contributed by atoms with van der Waals surface area (Å²) in [6, 6.07) is 11.5. The van der Waals surface area contributed by atoms with Gasteiger partial charge in [0.05, 0.1) is 5.56 Å². The summed E-state index contributed by atoms with van der Waals surface area (Å²) >= 11 is 0. The van der Waals surface area contributed by atoms with Gasteiger partial charge in [0.1, 0.15) is 11.9 Å². The number of hydrogen-bond acceptors (Lipinski definition) is 2. The average molecular weight is 285 g/mol. The van der Waals surface area contributed by atoms with Crippen molar-refractivity contribution in [3.05, 3.63) is 65.5 Å². The topological polar surface area (TPSA) is 57.6 Å². The maximum atomic E-state index is 13.8. The van der Waals surface area contributed by atoms with E-state index in [1.807, 2.05) is 0 Å². The molecular weight excluding hydrogens is 273 g/mol. The zero-order valence-electron chi connectivity index (χ0n) is 11.0. The van der Waals surface area contributed by atoms with E-state index < -0.39 is 23.7 Å². The number of carbonyl (C=O) groups excluding carboxylic acids is 1. The normalized spacial score (nSPS) is 16.6. The Kier molecular flexibility index (Phi) is 3.17. The van der Waals surface area contributed by atoms with Gasteiger partial charge >= 0.3 is 5.97 Å². The smallest absolute Gasteiger partial charge is 0.327 e. The van der Waals surface area contributed by atoms with Crippen molar-refractivity contribution in [3.8, 4) is 0 Å². The molecule has 1 amide bonds. The lowest BCUT2D eigenvalue weighted by atomic mass is 10.1. The lowest BCUT2D eigenvalue weighted by molar-refractivity contribution is -0.138. The number of carbonyl (C=O) groups is 2. The minimum absolute atomic E-state index is 0.125. The summed E-state index contributed by atoms with van der Waals surface area (Å²) in [7, 11) is 0. The van der Waals surface area contributed by atoms with Crippen LogP contribution in [-0.4, -0.2) is 23.0 Å². The fraction of sp³-hybridized carbons (Fsp3) is 0.125. The minimum Gasteiger partial charge on any atom is -0.480 e. The van der Waals surface area contributed by atoms with Gasteiger partial charge in [0.2, 0.25) is 0 Å². The van der Waals surface area contributed by atoms with Crippen LogP contribution in [0.25, 0.3) is 0 Å². The molecule has 0 unspecified atom stereocenters. The second-order valence-corrected chi connectivity index (χ2v) is 4.84. The van der Waals surface area contributed by atoms with Crippen molar-refractivity contribution < 1.29 is 19.1 Å². The molecular formula is C16H12FNO3. The largest absolute Gasteiger partial charge is 0.480 e. The van der Waals surface area contributed by atoms with Gasteiger partial charge in [0, 0.05) is 12.1 Å². The standard InChI is InChI=1S/C16H12FNO3/c17-12-7-3-2-6-11(12)15(19)18-13-8-4-1-5-10(13)9-14(18)16(20)21/h1-8,14H,9H2,(H,20,21)/t14-/m0/s1. The van der Waals surface area contributed by atoms with E-state index >= 15 is 0 Å². The summed E-state index contributed by atoms with van der Waals surface area (Å²) in [5.74, 6) is -2.39. The number of amides is 1. The zero-order chi connectivity index (χ0) is 15.0. The average Bonchev–Trinajstić information content (AvgIpc) is 2.86. The van der Waals surface area contributed by atoms with E-state index in [0.29, 0.717) is 5.69 Å². The van der Waals surface area contributed by atoms with Crippen molar-refractivity contribution in [2.24, 2.45) is 0 Å². The van der Waals surface area contributed by atoms with E-state index in [-0.39, 0.29) is 12.0 Å². The first-order chi connectivity index (χ1) is 10.1. The van der Waals surface area contributed by atoms with Crippen LogP contribution < -0.4 is 4.90 Å². The van der Waals surface area contributed by atoms with Gasteiger partial charge in [-0.2, -0.15) is 0 Å². The van der Waals surface area contributed by atoms with Crippen LogP contribution in [0, 0.1) is 5.82 Å². The van der Waals surface area contributed by atoms with Crippen molar-refractivity contribution in [1.82, 2.24) is 0 Å². The number of aliphatic carboxylic acids is 1. The maximum Gasteiger partial charge on any atom is 0.327 e.